The van der Waals surface area contributed by atoms with Crippen molar-refractivity contribution in [1.82, 2.24) is 19.9 Å². The largest absolute Gasteiger partial charge is 0.363 e. The number of nitrogens with zero attached hydrogens (tertiary/aromatic N) is 6. The minimum atomic E-state index is 0.416. The standard InChI is InChI=1S/C22H28N6/c1-26(2)21-11-13-24-22(25-21)27(3)18-7-6-14-28(16-18)15-17-10-12-23-20-9-5-4-8-19(17)20/h4-5,8-13,18H,6-7,14-16H2,1-3H3. The molecule has 1 atom stereocenters. The lowest BCUT2D eigenvalue weighted by molar-refractivity contribution is 0.198. The number of benzene rings is 1. The van der Waals surface area contributed by atoms with Gasteiger partial charge in [0.2, 0.25) is 5.95 Å². The first-order valence-electron chi connectivity index (χ1n) is 9.90. The number of anilines is 2. The second kappa shape index (κ2) is 8.10. The van der Waals surface area contributed by atoms with E-state index in [2.05, 4.69) is 51.1 Å². The summed E-state index contributed by atoms with van der Waals surface area (Å²) >= 11 is 0. The highest BCUT2D eigenvalue weighted by Gasteiger charge is 2.25. The molecule has 1 fully saturated rings. The molecule has 1 aliphatic rings. The molecule has 1 aromatic carbocycles. The van der Waals surface area contributed by atoms with Gasteiger partial charge in [0.15, 0.2) is 0 Å². The molecular formula is C22H28N6. The van der Waals surface area contributed by atoms with Crippen molar-refractivity contribution in [3.63, 3.8) is 0 Å². The van der Waals surface area contributed by atoms with E-state index in [0.29, 0.717) is 6.04 Å². The summed E-state index contributed by atoms with van der Waals surface area (Å²) in [4.78, 5) is 20.5. The van der Waals surface area contributed by atoms with Gasteiger partial charge >= 0.3 is 0 Å². The van der Waals surface area contributed by atoms with Crippen molar-refractivity contribution in [3.8, 4) is 0 Å². The molecule has 3 heterocycles. The van der Waals surface area contributed by atoms with Crippen molar-refractivity contribution in [3.05, 3.63) is 54.4 Å². The molecule has 0 saturated carbocycles. The van der Waals surface area contributed by atoms with Crippen LogP contribution in [0.1, 0.15) is 18.4 Å². The first-order chi connectivity index (χ1) is 13.6. The van der Waals surface area contributed by atoms with E-state index in [-0.39, 0.29) is 0 Å². The molecule has 146 valence electrons. The molecule has 6 nitrogen and oxygen atoms in total. The molecule has 0 amide bonds. The average molecular weight is 377 g/mol. The second-order valence-corrected chi connectivity index (χ2v) is 7.74. The summed E-state index contributed by atoms with van der Waals surface area (Å²) in [7, 11) is 6.13. The SMILES string of the molecule is CN(C)c1ccnc(N(C)C2CCCN(Cc3ccnc4ccccc34)C2)n1. The normalized spacial score (nSPS) is 17.6. The maximum Gasteiger partial charge on any atom is 0.227 e. The Morgan fingerprint density at radius 1 is 1.04 bits per heavy atom. The van der Waals surface area contributed by atoms with Crippen LogP contribution in [-0.4, -0.2) is 60.1 Å². The predicted octanol–water partition coefficient (Wildman–Crippen LogP) is 3.19. The third-order valence-corrected chi connectivity index (χ3v) is 5.56. The molecule has 2 aromatic heterocycles. The maximum atomic E-state index is 4.71. The van der Waals surface area contributed by atoms with Crippen LogP contribution in [0.4, 0.5) is 11.8 Å². The Kier molecular flexibility index (Phi) is 5.39. The van der Waals surface area contributed by atoms with E-state index in [0.717, 1.165) is 36.9 Å². The summed E-state index contributed by atoms with van der Waals surface area (Å²) in [5, 5.41) is 1.25. The number of likely N-dealkylation sites (N-methyl/N-ethyl adjacent to an activating group) is 1. The Labute approximate surface area is 166 Å². The number of rotatable bonds is 5. The van der Waals surface area contributed by atoms with Crippen molar-refractivity contribution < 1.29 is 0 Å². The van der Waals surface area contributed by atoms with Crippen LogP contribution in [0.5, 0.6) is 0 Å². The zero-order chi connectivity index (χ0) is 19.5. The van der Waals surface area contributed by atoms with Crippen molar-refractivity contribution in [1.29, 1.82) is 0 Å². The van der Waals surface area contributed by atoms with Gasteiger partial charge in [-0.05, 0) is 43.1 Å². The lowest BCUT2D eigenvalue weighted by atomic mass is 10.0. The van der Waals surface area contributed by atoms with Gasteiger partial charge in [0.1, 0.15) is 5.82 Å². The number of likely N-dealkylation sites (tertiary alicyclic amines) is 1. The third kappa shape index (κ3) is 3.92. The van der Waals surface area contributed by atoms with E-state index in [1.54, 1.807) is 0 Å². The Bertz CT molecular complexity index is 936. The van der Waals surface area contributed by atoms with Gasteiger partial charge in [0, 0.05) is 58.1 Å². The molecule has 0 radical (unpaired) electrons. The molecule has 0 bridgehead atoms. The Morgan fingerprint density at radius 3 is 2.71 bits per heavy atom. The summed E-state index contributed by atoms with van der Waals surface area (Å²) in [6.45, 7) is 3.09. The van der Waals surface area contributed by atoms with E-state index < -0.39 is 0 Å². The second-order valence-electron chi connectivity index (χ2n) is 7.74. The zero-order valence-corrected chi connectivity index (χ0v) is 16.9. The third-order valence-electron chi connectivity index (χ3n) is 5.56. The van der Waals surface area contributed by atoms with Crippen LogP contribution in [0, 0.1) is 0 Å². The van der Waals surface area contributed by atoms with E-state index in [9.17, 15) is 0 Å². The number of aromatic nitrogens is 3. The van der Waals surface area contributed by atoms with Crippen LogP contribution < -0.4 is 9.80 Å². The van der Waals surface area contributed by atoms with E-state index in [4.69, 9.17) is 4.98 Å². The molecular weight excluding hydrogens is 348 g/mol. The van der Waals surface area contributed by atoms with Gasteiger partial charge in [0.05, 0.1) is 5.52 Å². The van der Waals surface area contributed by atoms with Gasteiger partial charge in [-0.3, -0.25) is 9.88 Å². The summed E-state index contributed by atoms with van der Waals surface area (Å²) in [6.07, 6.45) is 6.12. The number of hydrogen-bond donors (Lipinski definition) is 0. The van der Waals surface area contributed by atoms with Crippen LogP contribution in [-0.2, 0) is 6.54 Å². The zero-order valence-electron chi connectivity index (χ0n) is 16.9. The molecule has 1 saturated heterocycles. The summed E-state index contributed by atoms with van der Waals surface area (Å²) in [6, 6.07) is 12.9. The van der Waals surface area contributed by atoms with Crippen molar-refractivity contribution in [2.75, 3.05) is 44.0 Å². The monoisotopic (exact) mass is 376 g/mol. The van der Waals surface area contributed by atoms with Crippen LogP contribution in [0.25, 0.3) is 10.9 Å². The molecule has 0 N–H and O–H groups in total. The molecule has 0 spiro atoms. The first kappa shape index (κ1) is 18.6. The highest BCUT2D eigenvalue weighted by Crippen LogP contribution is 2.23. The number of fused-ring (bicyclic) bond motifs is 1. The molecule has 1 unspecified atom stereocenters. The van der Waals surface area contributed by atoms with E-state index >= 15 is 0 Å². The summed E-state index contributed by atoms with van der Waals surface area (Å²) in [5.41, 5.74) is 2.42. The summed E-state index contributed by atoms with van der Waals surface area (Å²) < 4.78 is 0. The molecule has 4 rings (SSSR count). The minimum absolute atomic E-state index is 0.416. The van der Waals surface area contributed by atoms with Crippen LogP contribution >= 0.6 is 0 Å². The molecule has 1 aliphatic heterocycles. The first-order valence-corrected chi connectivity index (χ1v) is 9.90. The quantitative estimate of drug-likeness (QED) is 0.682. The van der Waals surface area contributed by atoms with E-state index in [1.165, 1.54) is 23.8 Å². The van der Waals surface area contributed by atoms with Gasteiger partial charge in [-0.25, -0.2) is 4.98 Å². The number of para-hydroxylation sites is 1. The smallest absolute Gasteiger partial charge is 0.227 e. The van der Waals surface area contributed by atoms with Gasteiger partial charge < -0.3 is 9.80 Å². The summed E-state index contributed by atoms with van der Waals surface area (Å²) in [5.74, 6) is 1.74. The fourth-order valence-corrected chi connectivity index (χ4v) is 3.95. The molecule has 6 heteroatoms. The Balaban J connectivity index is 1.49. The van der Waals surface area contributed by atoms with Crippen LogP contribution in [0.15, 0.2) is 48.8 Å². The minimum Gasteiger partial charge on any atom is -0.363 e. The van der Waals surface area contributed by atoms with Crippen molar-refractivity contribution in [2.24, 2.45) is 0 Å². The van der Waals surface area contributed by atoms with Crippen molar-refractivity contribution >= 4 is 22.7 Å². The lowest BCUT2D eigenvalue weighted by Gasteiger charge is -2.38. The molecule has 28 heavy (non-hydrogen) atoms. The molecule has 3 aromatic rings. The number of piperidine rings is 1. The fraction of sp³-hybridized carbons (Fsp3) is 0.409. The Hall–Kier alpha value is -2.73. The highest BCUT2D eigenvalue weighted by molar-refractivity contribution is 5.81. The van der Waals surface area contributed by atoms with Gasteiger partial charge in [-0.1, -0.05) is 18.2 Å². The van der Waals surface area contributed by atoms with Crippen molar-refractivity contribution in [2.45, 2.75) is 25.4 Å². The fourth-order valence-electron chi connectivity index (χ4n) is 3.95. The van der Waals surface area contributed by atoms with Crippen LogP contribution in [0.2, 0.25) is 0 Å². The van der Waals surface area contributed by atoms with E-state index in [1.807, 2.05) is 43.5 Å². The average Bonchev–Trinajstić information content (AvgIpc) is 2.74. The predicted molar refractivity (Wildman–Crippen MR) is 115 cm³/mol. The van der Waals surface area contributed by atoms with Gasteiger partial charge in [-0.2, -0.15) is 4.98 Å². The lowest BCUT2D eigenvalue weighted by Crippen LogP contribution is -2.46. The highest BCUT2D eigenvalue weighted by atomic mass is 15.3. The van der Waals surface area contributed by atoms with Crippen LogP contribution in [0.3, 0.4) is 0 Å². The van der Waals surface area contributed by atoms with Gasteiger partial charge in [0.25, 0.3) is 0 Å². The van der Waals surface area contributed by atoms with Gasteiger partial charge in [-0.15, -0.1) is 0 Å². The number of pyridine rings is 1. The number of hydrogen-bond acceptors (Lipinski definition) is 6. The Morgan fingerprint density at radius 2 is 1.86 bits per heavy atom. The molecule has 0 aliphatic carbocycles. The maximum absolute atomic E-state index is 4.71. The topological polar surface area (TPSA) is 48.4 Å².